The summed E-state index contributed by atoms with van der Waals surface area (Å²) < 4.78 is 69.9. The normalized spacial score (nSPS) is 15.8. The van der Waals surface area contributed by atoms with E-state index in [2.05, 4.69) is 47.1 Å². The smallest absolute Gasteiger partial charge is 0.393 e. The van der Waals surface area contributed by atoms with E-state index in [0.29, 0.717) is 25.7 Å². The summed E-state index contributed by atoms with van der Waals surface area (Å²) in [5.74, 6) is 0. The van der Waals surface area contributed by atoms with Crippen LogP contribution in [0, 0.1) is 0 Å². The highest BCUT2D eigenvalue weighted by Gasteiger charge is 2.30. The predicted octanol–water partition coefficient (Wildman–Crippen LogP) is 9.68. The Hall–Kier alpha value is -1.84. The zero-order chi connectivity index (χ0) is 40.9. The second-order valence-corrected chi connectivity index (χ2v) is 16.2. The number of aliphatic hydroxyl groups is 2. The van der Waals surface area contributed by atoms with Crippen LogP contribution in [0.3, 0.4) is 0 Å². The van der Waals surface area contributed by atoms with Crippen LogP contribution in [-0.4, -0.2) is 101 Å². The summed E-state index contributed by atoms with van der Waals surface area (Å²) >= 11 is 0. The van der Waals surface area contributed by atoms with Crippen LogP contribution in [0.5, 0.6) is 0 Å². The van der Waals surface area contributed by atoms with Crippen LogP contribution in [0.1, 0.15) is 110 Å². The van der Waals surface area contributed by atoms with E-state index in [4.69, 9.17) is 47.7 Å². The first kappa shape index (κ1) is 53.2. The number of nitrogens with zero attached hydrogens (tertiary/aromatic N) is 6. The molecule has 0 aromatic heterocycles. The summed E-state index contributed by atoms with van der Waals surface area (Å²) in [6, 6.07) is -1.71. The average Bonchev–Trinajstić information content (AvgIpc) is 3.17. The SMILES string of the molecule is C=CCOP(=O)(OCCCOP(=O)(OCC=C)OCC(COCC[C@H](O)CCCCCCC)N=[N+]=[N-])OCC(COCC[C@H](O)CCCCCCC)N=[N+]=[N-]. The highest BCUT2D eigenvalue weighted by Crippen LogP contribution is 2.51. The summed E-state index contributed by atoms with van der Waals surface area (Å²) in [5, 5.41) is 27.6. The maximum absolute atomic E-state index is 13.3. The van der Waals surface area contributed by atoms with Gasteiger partial charge in [-0.1, -0.05) is 100 Å². The molecule has 0 radical (unpaired) electrons. The molecule has 6 atom stereocenters. The summed E-state index contributed by atoms with van der Waals surface area (Å²) in [6.07, 6.45) is 15.0. The summed E-state index contributed by atoms with van der Waals surface area (Å²) in [6.45, 7) is 10.3. The topological polar surface area (TPSA) is 246 Å². The lowest BCUT2D eigenvalue weighted by molar-refractivity contribution is 0.0546. The van der Waals surface area contributed by atoms with Crippen LogP contribution in [0.4, 0.5) is 0 Å². The number of phosphoric ester groups is 2. The quantitative estimate of drug-likeness (QED) is 0.0146. The minimum absolute atomic E-state index is 0.0440. The summed E-state index contributed by atoms with van der Waals surface area (Å²) in [5.41, 5.74) is 18.0. The molecular weight excluding hydrogens is 758 g/mol. The molecule has 2 N–H and O–H groups in total. The Morgan fingerprint density at radius 2 is 0.964 bits per heavy atom. The van der Waals surface area contributed by atoms with Gasteiger partial charge in [0.2, 0.25) is 0 Å². The van der Waals surface area contributed by atoms with E-state index in [1.807, 2.05) is 0 Å². The fraction of sp³-hybridized carbons (Fsp3) is 0.886. The van der Waals surface area contributed by atoms with Gasteiger partial charge in [-0.3, -0.25) is 27.1 Å². The molecule has 4 unspecified atom stereocenters. The molecule has 20 heteroatoms. The highest BCUT2D eigenvalue weighted by atomic mass is 31.2. The van der Waals surface area contributed by atoms with Crippen molar-refractivity contribution in [1.82, 2.24) is 0 Å². The molecule has 0 saturated heterocycles. The molecule has 0 saturated carbocycles. The number of phosphoric acid groups is 2. The molecule has 0 aromatic carbocycles. The Kier molecular flexibility index (Phi) is 35.3. The number of ether oxygens (including phenoxy) is 2. The fourth-order valence-electron chi connectivity index (χ4n) is 4.79. The molecule has 320 valence electrons. The zero-order valence-corrected chi connectivity index (χ0v) is 34.9. The van der Waals surface area contributed by atoms with Crippen molar-refractivity contribution in [1.29, 1.82) is 0 Å². The molecule has 0 aliphatic rings. The van der Waals surface area contributed by atoms with Crippen molar-refractivity contribution < 1.29 is 56.0 Å². The largest absolute Gasteiger partial charge is 0.475 e. The van der Waals surface area contributed by atoms with Gasteiger partial charge in [-0.05, 0) is 43.2 Å². The molecule has 0 spiro atoms. The Balaban J connectivity index is 4.85. The Morgan fingerprint density at radius 3 is 1.33 bits per heavy atom. The zero-order valence-electron chi connectivity index (χ0n) is 33.1. The number of aliphatic hydroxyl groups excluding tert-OH is 2. The highest BCUT2D eigenvalue weighted by molar-refractivity contribution is 7.48. The second-order valence-electron chi connectivity index (χ2n) is 12.8. The van der Waals surface area contributed by atoms with Gasteiger partial charge in [-0.25, -0.2) is 9.13 Å². The number of azide groups is 2. The lowest BCUT2D eigenvalue weighted by Crippen LogP contribution is -2.21. The van der Waals surface area contributed by atoms with E-state index >= 15 is 0 Å². The first-order valence-corrected chi connectivity index (χ1v) is 22.4. The van der Waals surface area contributed by atoms with Crippen LogP contribution < -0.4 is 0 Å². The van der Waals surface area contributed by atoms with Crippen molar-refractivity contribution in [2.24, 2.45) is 10.2 Å². The monoisotopic (exact) mass is 826 g/mol. The van der Waals surface area contributed by atoms with Crippen LogP contribution in [-0.2, 0) is 45.7 Å². The molecule has 0 bridgehead atoms. The van der Waals surface area contributed by atoms with E-state index in [9.17, 15) is 19.3 Å². The summed E-state index contributed by atoms with van der Waals surface area (Å²) in [7, 11) is -8.36. The summed E-state index contributed by atoms with van der Waals surface area (Å²) in [4.78, 5) is 5.60. The third-order valence-corrected chi connectivity index (χ3v) is 10.7. The van der Waals surface area contributed by atoms with E-state index < -0.39 is 39.9 Å². The standard InChI is InChI=1S/C35H68N6O12P2/c1-5-9-11-13-15-18-34(42)20-26-46-28-32(38-40-36)30-52-54(44,48-22-7-3)50-24-17-25-51-55(45,49-23-8-4)53-31-33(39-41-37)29-47-27-21-35(43)19-16-14-12-10-6-2/h7-8,32-35,42-43H,3-6,9-31H2,1-2H3/t32?,33?,34-,35-,54?,55?/m1/s1. The molecule has 0 fully saturated rings. The second kappa shape index (κ2) is 36.5. The Bertz CT molecular complexity index is 1080. The fourth-order valence-corrected chi connectivity index (χ4v) is 7.22. The minimum Gasteiger partial charge on any atom is -0.393 e. The lowest BCUT2D eigenvalue weighted by atomic mass is 10.1. The lowest BCUT2D eigenvalue weighted by Gasteiger charge is -2.21. The van der Waals surface area contributed by atoms with Gasteiger partial charge in [0.05, 0.1) is 77.1 Å². The van der Waals surface area contributed by atoms with Crippen molar-refractivity contribution in [2.75, 3.05) is 66.1 Å². The molecular formula is C35H68N6O12P2. The number of rotatable bonds is 42. The third-order valence-electron chi connectivity index (χ3n) is 7.86. The first-order valence-electron chi connectivity index (χ1n) is 19.5. The molecule has 0 aliphatic carbocycles. The number of hydrogen-bond donors (Lipinski definition) is 2. The van der Waals surface area contributed by atoms with Gasteiger partial charge in [-0.2, -0.15) is 0 Å². The van der Waals surface area contributed by atoms with Crippen molar-refractivity contribution >= 4 is 15.6 Å². The van der Waals surface area contributed by atoms with Crippen LogP contribution in [0.2, 0.25) is 0 Å². The van der Waals surface area contributed by atoms with Crippen molar-refractivity contribution in [3.8, 4) is 0 Å². The van der Waals surface area contributed by atoms with Gasteiger partial charge >= 0.3 is 15.6 Å². The molecule has 0 heterocycles. The van der Waals surface area contributed by atoms with Crippen molar-refractivity contribution in [3.05, 3.63) is 46.2 Å². The van der Waals surface area contributed by atoms with Gasteiger partial charge in [0.15, 0.2) is 0 Å². The molecule has 55 heavy (non-hydrogen) atoms. The van der Waals surface area contributed by atoms with Gasteiger partial charge < -0.3 is 19.7 Å². The van der Waals surface area contributed by atoms with E-state index in [1.54, 1.807) is 0 Å². The third kappa shape index (κ3) is 31.9. The van der Waals surface area contributed by atoms with Gasteiger partial charge in [0, 0.05) is 23.0 Å². The van der Waals surface area contributed by atoms with Gasteiger partial charge in [0.25, 0.3) is 0 Å². The van der Waals surface area contributed by atoms with Crippen LogP contribution >= 0.6 is 15.6 Å². The Morgan fingerprint density at radius 1 is 0.564 bits per heavy atom. The van der Waals surface area contributed by atoms with Crippen molar-refractivity contribution in [2.45, 2.75) is 134 Å². The maximum Gasteiger partial charge on any atom is 0.475 e. The van der Waals surface area contributed by atoms with E-state index in [1.165, 1.54) is 25.0 Å². The van der Waals surface area contributed by atoms with Crippen molar-refractivity contribution in [3.63, 3.8) is 0 Å². The number of hydrogen-bond acceptors (Lipinski definition) is 14. The van der Waals surface area contributed by atoms with Crippen LogP contribution in [0.15, 0.2) is 35.5 Å². The molecule has 0 rings (SSSR count). The van der Waals surface area contributed by atoms with E-state index in [-0.39, 0.29) is 72.5 Å². The average molecular weight is 827 g/mol. The maximum atomic E-state index is 13.3. The van der Waals surface area contributed by atoms with E-state index in [0.717, 1.165) is 51.4 Å². The van der Waals surface area contributed by atoms with Gasteiger partial charge in [0.1, 0.15) is 0 Å². The number of unbranched alkanes of at least 4 members (excludes halogenated alkanes) is 8. The Labute approximate surface area is 328 Å². The first-order chi connectivity index (χ1) is 26.6. The van der Waals surface area contributed by atoms with Crippen LogP contribution in [0.25, 0.3) is 20.9 Å². The molecule has 0 aromatic rings. The van der Waals surface area contributed by atoms with Gasteiger partial charge in [-0.15, -0.1) is 13.2 Å². The predicted molar refractivity (Wildman–Crippen MR) is 211 cm³/mol. The molecule has 0 amide bonds. The molecule has 18 nitrogen and oxygen atoms in total. The minimum atomic E-state index is -4.18. The molecule has 0 aliphatic heterocycles.